The second kappa shape index (κ2) is 9.54. The lowest BCUT2D eigenvalue weighted by Crippen LogP contribution is -2.27. The van der Waals surface area contributed by atoms with E-state index in [9.17, 15) is 9.59 Å². The molecule has 0 heterocycles. The van der Waals surface area contributed by atoms with Crippen LogP contribution in [0.2, 0.25) is 0 Å². The van der Waals surface area contributed by atoms with Crippen LogP contribution in [0.15, 0.2) is 54.6 Å². The van der Waals surface area contributed by atoms with Crippen LogP contribution in [0.5, 0.6) is 0 Å². The van der Waals surface area contributed by atoms with E-state index in [1.165, 1.54) is 0 Å². The van der Waals surface area contributed by atoms with Crippen LogP contribution in [0.1, 0.15) is 37.6 Å². The van der Waals surface area contributed by atoms with Crippen molar-refractivity contribution < 1.29 is 14.8 Å². The molecule has 0 radical (unpaired) electrons. The van der Waals surface area contributed by atoms with E-state index >= 15 is 0 Å². The Balaban J connectivity index is 0.00000127. The number of hydroxylamine groups is 1. The second-order valence-corrected chi connectivity index (χ2v) is 4.95. The van der Waals surface area contributed by atoms with E-state index in [0.29, 0.717) is 5.56 Å². The molecule has 0 aromatic heterocycles. The van der Waals surface area contributed by atoms with Crippen LogP contribution in [0.25, 0.3) is 11.1 Å². The summed E-state index contributed by atoms with van der Waals surface area (Å²) in [7, 11) is 0. The summed E-state index contributed by atoms with van der Waals surface area (Å²) in [6, 6.07) is 17.2. The maximum atomic E-state index is 12.1. The van der Waals surface area contributed by atoms with Crippen LogP contribution in [0, 0.1) is 5.92 Å². The van der Waals surface area contributed by atoms with Gasteiger partial charge < -0.3 is 0 Å². The fraction of sp³-hybridized carbons (Fsp3) is 0.263. The van der Waals surface area contributed by atoms with Gasteiger partial charge in [-0.3, -0.25) is 14.8 Å². The van der Waals surface area contributed by atoms with Crippen LogP contribution in [-0.4, -0.2) is 16.9 Å². The Morgan fingerprint density at radius 1 is 0.957 bits per heavy atom. The lowest BCUT2D eigenvalue weighted by Gasteiger charge is -2.08. The Labute approximate surface area is 137 Å². The molecule has 0 aliphatic rings. The third-order valence-electron chi connectivity index (χ3n) is 3.36. The summed E-state index contributed by atoms with van der Waals surface area (Å²) in [6.07, 6.45) is 0.0665. The zero-order valence-electron chi connectivity index (χ0n) is 13.7. The Hall–Kier alpha value is -2.46. The first kappa shape index (κ1) is 18.6. The number of ketones is 1. The number of rotatable bonds is 5. The Kier molecular flexibility index (Phi) is 7.71. The smallest absolute Gasteiger partial charge is 0.246 e. The van der Waals surface area contributed by atoms with Gasteiger partial charge in [-0.1, -0.05) is 75.4 Å². The molecule has 0 unspecified atom stereocenters. The summed E-state index contributed by atoms with van der Waals surface area (Å²) >= 11 is 0. The molecule has 4 nitrogen and oxygen atoms in total. The van der Waals surface area contributed by atoms with Crippen molar-refractivity contribution in [3.63, 3.8) is 0 Å². The van der Waals surface area contributed by atoms with Crippen molar-refractivity contribution >= 4 is 11.7 Å². The Morgan fingerprint density at radius 3 is 2.00 bits per heavy atom. The lowest BCUT2D eigenvalue weighted by molar-refractivity contribution is -0.132. The van der Waals surface area contributed by atoms with E-state index in [2.05, 4.69) is 0 Å². The van der Waals surface area contributed by atoms with Gasteiger partial charge in [0.25, 0.3) is 0 Å². The molecule has 1 atom stereocenters. The first-order chi connectivity index (χ1) is 11.1. The summed E-state index contributed by atoms with van der Waals surface area (Å²) < 4.78 is 0. The van der Waals surface area contributed by atoms with Gasteiger partial charge in [-0.05, 0) is 11.1 Å². The summed E-state index contributed by atoms with van der Waals surface area (Å²) in [6.45, 7) is 5.60. The highest BCUT2D eigenvalue weighted by molar-refractivity contribution is 5.98. The van der Waals surface area contributed by atoms with Crippen molar-refractivity contribution in [2.75, 3.05) is 0 Å². The monoisotopic (exact) mass is 313 g/mol. The fourth-order valence-electron chi connectivity index (χ4n) is 2.08. The van der Waals surface area contributed by atoms with E-state index in [4.69, 9.17) is 5.21 Å². The first-order valence-corrected chi connectivity index (χ1v) is 7.74. The van der Waals surface area contributed by atoms with E-state index in [0.717, 1.165) is 11.1 Å². The standard InChI is InChI=1S/C17H17NO3.C2H6/c1-12(17(20)18-21)11-16(19)15-9-7-14(8-10-15)13-5-3-2-4-6-13;1-2/h2-10,12,21H,11H2,1H3,(H,18,20);1-2H3/t12-;/m0./s1. The van der Waals surface area contributed by atoms with E-state index < -0.39 is 11.8 Å². The minimum absolute atomic E-state index is 0.0665. The van der Waals surface area contributed by atoms with Gasteiger partial charge in [-0.15, -0.1) is 0 Å². The molecule has 2 rings (SSSR count). The molecule has 122 valence electrons. The molecular weight excluding hydrogens is 290 g/mol. The Morgan fingerprint density at radius 2 is 1.48 bits per heavy atom. The van der Waals surface area contributed by atoms with Crippen molar-refractivity contribution in [2.45, 2.75) is 27.2 Å². The molecule has 0 bridgehead atoms. The van der Waals surface area contributed by atoms with Crippen molar-refractivity contribution in [1.82, 2.24) is 5.48 Å². The number of Topliss-reactive ketones (excluding diaryl/α,β-unsaturated/α-hetero) is 1. The highest BCUT2D eigenvalue weighted by atomic mass is 16.5. The number of hydrogen-bond donors (Lipinski definition) is 2. The highest BCUT2D eigenvalue weighted by Gasteiger charge is 2.17. The minimum atomic E-state index is -0.559. The topological polar surface area (TPSA) is 66.4 Å². The molecular formula is C19H23NO3. The molecule has 1 amide bonds. The quantitative estimate of drug-likeness (QED) is 0.496. The number of nitrogens with one attached hydrogen (secondary N) is 1. The van der Waals surface area contributed by atoms with Crippen molar-refractivity contribution in [3.05, 3.63) is 60.2 Å². The molecule has 0 fully saturated rings. The van der Waals surface area contributed by atoms with Gasteiger partial charge >= 0.3 is 0 Å². The normalized spacial score (nSPS) is 11.0. The Bertz CT molecular complexity index is 621. The van der Waals surface area contributed by atoms with Gasteiger partial charge in [0, 0.05) is 17.9 Å². The maximum Gasteiger partial charge on any atom is 0.246 e. The third-order valence-corrected chi connectivity index (χ3v) is 3.36. The predicted molar refractivity (Wildman–Crippen MR) is 91.3 cm³/mol. The van der Waals surface area contributed by atoms with Crippen molar-refractivity contribution in [3.8, 4) is 11.1 Å². The van der Waals surface area contributed by atoms with Crippen LogP contribution in [0.3, 0.4) is 0 Å². The van der Waals surface area contributed by atoms with Crippen LogP contribution in [-0.2, 0) is 4.79 Å². The van der Waals surface area contributed by atoms with Crippen molar-refractivity contribution in [1.29, 1.82) is 0 Å². The summed E-state index contributed by atoms with van der Waals surface area (Å²) in [4.78, 5) is 23.3. The van der Waals surface area contributed by atoms with Crippen LogP contribution >= 0.6 is 0 Å². The average Bonchev–Trinajstić information content (AvgIpc) is 2.63. The molecule has 0 aliphatic carbocycles. The second-order valence-electron chi connectivity index (χ2n) is 4.95. The zero-order chi connectivity index (χ0) is 17.2. The number of benzene rings is 2. The molecule has 0 saturated heterocycles. The SMILES string of the molecule is CC.C[C@@H](CC(=O)c1ccc(-c2ccccc2)cc1)C(=O)NO. The van der Waals surface area contributed by atoms with E-state index in [1.807, 2.05) is 56.3 Å². The number of hydrogen-bond acceptors (Lipinski definition) is 3. The third kappa shape index (κ3) is 5.34. The number of carbonyl (C=O) groups is 2. The van der Waals surface area contributed by atoms with Gasteiger partial charge in [-0.25, -0.2) is 5.48 Å². The summed E-state index contributed by atoms with van der Waals surface area (Å²) in [5.74, 6) is -1.23. The number of carbonyl (C=O) groups excluding carboxylic acids is 2. The van der Waals surface area contributed by atoms with Gasteiger partial charge in [0.15, 0.2) is 5.78 Å². The molecule has 0 aliphatic heterocycles. The van der Waals surface area contributed by atoms with E-state index in [-0.39, 0.29) is 12.2 Å². The molecule has 4 heteroatoms. The minimum Gasteiger partial charge on any atom is -0.294 e. The highest BCUT2D eigenvalue weighted by Crippen LogP contribution is 2.20. The molecule has 0 spiro atoms. The molecule has 23 heavy (non-hydrogen) atoms. The molecule has 2 aromatic carbocycles. The maximum absolute atomic E-state index is 12.1. The zero-order valence-corrected chi connectivity index (χ0v) is 13.7. The molecule has 2 N–H and O–H groups in total. The van der Waals surface area contributed by atoms with Gasteiger partial charge in [0.2, 0.25) is 5.91 Å². The summed E-state index contributed by atoms with van der Waals surface area (Å²) in [5, 5.41) is 8.54. The predicted octanol–water partition coefficient (Wildman–Crippen LogP) is 4.09. The van der Waals surface area contributed by atoms with Crippen LogP contribution < -0.4 is 5.48 Å². The fourth-order valence-corrected chi connectivity index (χ4v) is 2.08. The first-order valence-electron chi connectivity index (χ1n) is 7.74. The summed E-state index contributed by atoms with van der Waals surface area (Å²) in [5.41, 5.74) is 4.25. The van der Waals surface area contributed by atoms with Gasteiger partial charge in [-0.2, -0.15) is 0 Å². The van der Waals surface area contributed by atoms with Crippen LogP contribution in [0.4, 0.5) is 0 Å². The largest absolute Gasteiger partial charge is 0.294 e. The number of amides is 1. The van der Waals surface area contributed by atoms with Gasteiger partial charge in [0.05, 0.1) is 0 Å². The average molecular weight is 313 g/mol. The van der Waals surface area contributed by atoms with Crippen molar-refractivity contribution in [2.24, 2.45) is 5.92 Å². The molecule has 2 aromatic rings. The van der Waals surface area contributed by atoms with Gasteiger partial charge in [0.1, 0.15) is 0 Å². The molecule has 0 saturated carbocycles. The van der Waals surface area contributed by atoms with E-state index in [1.54, 1.807) is 24.5 Å². The lowest BCUT2D eigenvalue weighted by atomic mass is 9.97.